The Morgan fingerprint density at radius 3 is 2.76 bits per heavy atom. The number of halogens is 1. The van der Waals surface area contributed by atoms with Gasteiger partial charge in [-0.05, 0) is 44.5 Å². The highest BCUT2D eigenvalue weighted by Crippen LogP contribution is 2.21. The van der Waals surface area contributed by atoms with Gasteiger partial charge < -0.3 is 4.74 Å². The summed E-state index contributed by atoms with van der Waals surface area (Å²) in [5.74, 6) is 0.446. The molecule has 0 bridgehead atoms. The van der Waals surface area contributed by atoms with Crippen molar-refractivity contribution in [1.29, 1.82) is 0 Å². The van der Waals surface area contributed by atoms with Crippen molar-refractivity contribution in [2.75, 3.05) is 6.61 Å². The molecule has 17 heavy (non-hydrogen) atoms. The van der Waals surface area contributed by atoms with Crippen LogP contribution >= 0.6 is 11.6 Å². The molecule has 1 amide bonds. The maximum Gasteiger partial charge on any atom is 0.271 e. The first-order chi connectivity index (χ1) is 7.99. The van der Waals surface area contributed by atoms with E-state index in [2.05, 4.69) is 10.9 Å². The Morgan fingerprint density at radius 2 is 2.18 bits per heavy atom. The molecule has 0 spiro atoms. The van der Waals surface area contributed by atoms with E-state index < -0.39 is 0 Å². The summed E-state index contributed by atoms with van der Waals surface area (Å²) in [6, 6.07) is 5.46. The van der Waals surface area contributed by atoms with E-state index in [0.29, 0.717) is 10.8 Å². The van der Waals surface area contributed by atoms with Crippen LogP contribution in [0.5, 0.6) is 5.75 Å². The van der Waals surface area contributed by atoms with Gasteiger partial charge in [-0.1, -0.05) is 11.6 Å². The van der Waals surface area contributed by atoms with E-state index in [1.165, 1.54) is 0 Å². The van der Waals surface area contributed by atoms with E-state index in [0.717, 1.165) is 5.56 Å². The average molecular weight is 257 g/mol. The van der Waals surface area contributed by atoms with Crippen LogP contribution in [0.15, 0.2) is 18.2 Å². The fourth-order valence-corrected chi connectivity index (χ4v) is 1.41. The molecule has 0 aliphatic carbocycles. The fraction of sp³-hybridized carbons (Fsp3) is 0.417. The second-order valence-electron chi connectivity index (χ2n) is 4.05. The van der Waals surface area contributed by atoms with Crippen LogP contribution in [-0.4, -0.2) is 18.6 Å². The molecule has 1 rings (SSSR count). The fourth-order valence-electron chi connectivity index (χ4n) is 1.18. The molecule has 1 aromatic rings. The van der Waals surface area contributed by atoms with E-state index in [-0.39, 0.29) is 18.6 Å². The van der Waals surface area contributed by atoms with Gasteiger partial charge in [0.1, 0.15) is 5.75 Å². The molecule has 94 valence electrons. The quantitative estimate of drug-likeness (QED) is 0.793. The lowest BCUT2D eigenvalue weighted by Crippen LogP contribution is -2.43. The summed E-state index contributed by atoms with van der Waals surface area (Å²) >= 11 is 5.82. The third kappa shape index (κ3) is 5.06. The zero-order valence-electron chi connectivity index (χ0n) is 10.2. The Balaban J connectivity index is 2.42. The second kappa shape index (κ2) is 6.47. The van der Waals surface area contributed by atoms with Gasteiger partial charge in [0.2, 0.25) is 0 Å². The smallest absolute Gasteiger partial charge is 0.271 e. The average Bonchev–Trinajstić information content (AvgIpc) is 2.25. The van der Waals surface area contributed by atoms with Crippen LogP contribution in [0, 0.1) is 6.92 Å². The van der Waals surface area contributed by atoms with E-state index >= 15 is 0 Å². The van der Waals surface area contributed by atoms with E-state index in [4.69, 9.17) is 16.3 Å². The van der Waals surface area contributed by atoms with Gasteiger partial charge in [-0.15, -0.1) is 0 Å². The lowest BCUT2D eigenvalue weighted by molar-refractivity contribution is -0.124. The normalized spacial score (nSPS) is 10.4. The van der Waals surface area contributed by atoms with Crippen LogP contribution in [-0.2, 0) is 4.79 Å². The number of carbonyl (C=O) groups excluding carboxylic acids is 1. The van der Waals surface area contributed by atoms with E-state index in [1.54, 1.807) is 18.2 Å². The van der Waals surface area contributed by atoms with Crippen LogP contribution in [0.3, 0.4) is 0 Å². The largest absolute Gasteiger partial charge is 0.483 e. The van der Waals surface area contributed by atoms with Crippen molar-refractivity contribution in [3.63, 3.8) is 0 Å². The van der Waals surface area contributed by atoms with Crippen molar-refractivity contribution in [1.82, 2.24) is 10.9 Å². The molecule has 4 nitrogen and oxygen atoms in total. The molecular weight excluding hydrogens is 240 g/mol. The minimum absolute atomic E-state index is 0.0256. The van der Waals surface area contributed by atoms with Gasteiger partial charge in [-0.3, -0.25) is 10.2 Å². The molecule has 0 aromatic heterocycles. The molecule has 0 aliphatic heterocycles. The first-order valence-electron chi connectivity index (χ1n) is 5.42. The molecule has 0 heterocycles. The van der Waals surface area contributed by atoms with Crippen LogP contribution in [0.25, 0.3) is 0 Å². The Labute approximate surface area is 106 Å². The van der Waals surface area contributed by atoms with Gasteiger partial charge in [-0.2, -0.15) is 0 Å². The zero-order chi connectivity index (χ0) is 12.8. The molecule has 0 unspecified atom stereocenters. The first kappa shape index (κ1) is 13.8. The molecule has 0 atom stereocenters. The number of rotatable bonds is 5. The highest BCUT2D eigenvalue weighted by atomic mass is 35.5. The van der Waals surface area contributed by atoms with Crippen LogP contribution in [0.4, 0.5) is 0 Å². The minimum atomic E-state index is -0.215. The highest BCUT2D eigenvalue weighted by Gasteiger charge is 2.05. The molecule has 0 fully saturated rings. The number of amides is 1. The molecule has 0 radical (unpaired) electrons. The third-order valence-electron chi connectivity index (χ3n) is 2.00. The molecule has 1 aromatic carbocycles. The number of hydrazine groups is 1. The number of aryl methyl sites for hydroxylation is 1. The number of carbonyl (C=O) groups is 1. The SMILES string of the molecule is Cc1cc(Cl)ccc1OCC(=O)NNC(C)C. The lowest BCUT2D eigenvalue weighted by Gasteiger charge is -2.12. The number of ether oxygens (including phenoxy) is 1. The van der Waals surface area contributed by atoms with E-state index in [1.807, 2.05) is 20.8 Å². The van der Waals surface area contributed by atoms with Gasteiger partial charge in [0.15, 0.2) is 6.61 Å². The molecule has 5 heteroatoms. The van der Waals surface area contributed by atoms with Crippen molar-refractivity contribution in [3.05, 3.63) is 28.8 Å². The first-order valence-corrected chi connectivity index (χ1v) is 5.80. The monoisotopic (exact) mass is 256 g/mol. The van der Waals surface area contributed by atoms with Gasteiger partial charge in [0.25, 0.3) is 5.91 Å². The summed E-state index contributed by atoms with van der Waals surface area (Å²) < 4.78 is 5.38. The molecule has 0 saturated carbocycles. The Bertz CT molecular complexity index is 394. The van der Waals surface area contributed by atoms with Crippen molar-refractivity contribution in [2.45, 2.75) is 26.8 Å². The van der Waals surface area contributed by atoms with Crippen LogP contribution in [0.1, 0.15) is 19.4 Å². The predicted molar refractivity (Wildman–Crippen MR) is 68.1 cm³/mol. The van der Waals surface area contributed by atoms with E-state index in [9.17, 15) is 4.79 Å². The topological polar surface area (TPSA) is 50.4 Å². The molecular formula is C12H17ClN2O2. The number of nitrogens with one attached hydrogen (secondary N) is 2. The lowest BCUT2D eigenvalue weighted by atomic mass is 10.2. The summed E-state index contributed by atoms with van der Waals surface area (Å²) in [5.41, 5.74) is 6.25. The Hall–Kier alpha value is -1.26. The standard InChI is InChI=1S/C12H17ClN2O2/c1-8(2)14-15-12(16)7-17-11-5-4-10(13)6-9(11)3/h4-6,8,14H,7H2,1-3H3,(H,15,16). The van der Waals surface area contributed by atoms with Crippen molar-refractivity contribution in [2.24, 2.45) is 0 Å². The number of benzene rings is 1. The van der Waals surface area contributed by atoms with Gasteiger partial charge in [0.05, 0.1) is 0 Å². The minimum Gasteiger partial charge on any atom is -0.483 e. The Kier molecular flexibility index (Phi) is 5.25. The van der Waals surface area contributed by atoms with Gasteiger partial charge in [0, 0.05) is 11.1 Å². The third-order valence-corrected chi connectivity index (χ3v) is 2.23. The summed E-state index contributed by atoms with van der Waals surface area (Å²) in [6.45, 7) is 5.72. The summed E-state index contributed by atoms with van der Waals surface area (Å²) in [5, 5.41) is 0.653. The molecule has 0 aliphatic rings. The van der Waals surface area contributed by atoms with Crippen LogP contribution < -0.4 is 15.6 Å². The van der Waals surface area contributed by atoms with Crippen molar-refractivity contribution in [3.8, 4) is 5.75 Å². The zero-order valence-corrected chi connectivity index (χ0v) is 11.0. The van der Waals surface area contributed by atoms with Crippen LogP contribution in [0.2, 0.25) is 5.02 Å². The van der Waals surface area contributed by atoms with Gasteiger partial charge in [-0.25, -0.2) is 5.43 Å². The maximum absolute atomic E-state index is 11.4. The van der Waals surface area contributed by atoms with Crippen molar-refractivity contribution < 1.29 is 9.53 Å². The highest BCUT2D eigenvalue weighted by molar-refractivity contribution is 6.30. The van der Waals surface area contributed by atoms with Crippen molar-refractivity contribution >= 4 is 17.5 Å². The number of hydrogen-bond acceptors (Lipinski definition) is 3. The second-order valence-corrected chi connectivity index (χ2v) is 4.48. The summed E-state index contributed by atoms with van der Waals surface area (Å²) in [4.78, 5) is 11.4. The molecule has 0 saturated heterocycles. The summed E-state index contributed by atoms with van der Waals surface area (Å²) in [6.07, 6.45) is 0. The Morgan fingerprint density at radius 1 is 1.47 bits per heavy atom. The molecule has 2 N–H and O–H groups in total. The predicted octanol–water partition coefficient (Wildman–Crippen LogP) is 2.06. The summed E-state index contributed by atoms with van der Waals surface area (Å²) in [7, 11) is 0. The van der Waals surface area contributed by atoms with Gasteiger partial charge >= 0.3 is 0 Å². The number of hydrogen-bond donors (Lipinski definition) is 2. The maximum atomic E-state index is 11.4.